The zero-order chi connectivity index (χ0) is 16.7. The van der Waals surface area contributed by atoms with Crippen molar-refractivity contribution in [3.63, 3.8) is 0 Å². The molecule has 0 radical (unpaired) electrons. The summed E-state index contributed by atoms with van der Waals surface area (Å²) in [7, 11) is 0. The van der Waals surface area contributed by atoms with Crippen LogP contribution in [0.2, 0.25) is 0 Å². The molecular formula is C18H17N3O2S. The molecule has 2 heterocycles. The van der Waals surface area contributed by atoms with Gasteiger partial charge in [0, 0.05) is 17.7 Å². The highest BCUT2D eigenvalue weighted by Gasteiger charge is 2.19. The third-order valence-electron chi connectivity index (χ3n) is 4.00. The Bertz CT molecular complexity index is 949. The van der Waals surface area contributed by atoms with Crippen LogP contribution < -0.4 is 15.2 Å². The summed E-state index contributed by atoms with van der Waals surface area (Å²) in [4.78, 5) is 5.21. The molecule has 1 aliphatic rings. The van der Waals surface area contributed by atoms with E-state index in [2.05, 4.69) is 19.1 Å². The number of rotatable bonds is 3. The summed E-state index contributed by atoms with van der Waals surface area (Å²) in [6.07, 6.45) is 0. The van der Waals surface area contributed by atoms with E-state index in [0.717, 1.165) is 33.9 Å². The molecule has 0 aliphatic carbocycles. The Labute approximate surface area is 145 Å². The van der Waals surface area contributed by atoms with Crippen molar-refractivity contribution in [1.29, 1.82) is 0 Å². The average molecular weight is 339 g/mol. The van der Waals surface area contributed by atoms with E-state index in [1.54, 1.807) is 0 Å². The van der Waals surface area contributed by atoms with Crippen LogP contribution in [-0.4, -0.2) is 27.8 Å². The van der Waals surface area contributed by atoms with Gasteiger partial charge < -0.3 is 19.8 Å². The minimum absolute atomic E-state index is 0.415. The van der Waals surface area contributed by atoms with Gasteiger partial charge in [0.05, 0.1) is 22.6 Å². The van der Waals surface area contributed by atoms with E-state index >= 15 is 0 Å². The monoisotopic (exact) mass is 339 g/mol. The van der Waals surface area contributed by atoms with Crippen LogP contribution in [0.15, 0.2) is 36.4 Å². The van der Waals surface area contributed by atoms with Gasteiger partial charge >= 0.3 is 0 Å². The van der Waals surface area contributed by atoms with E-state index < -0.39 is 0 Å². The van der Waals surface area contributed by atoms with E-state index in [4.69, 9.17) is 32.4 Å². The molecule has 1 aliphatic heterocycles. The lowest BCUT2D eigenvalue weighted by Gasteiger charge is -2.18. The number of thiocarbonyl (C=S) groups is 1. The van der Waals surface area contributed by atoms with Crippen LogP contribution >= 0.6 is 12.2 Å². The van der Waals surface area contributed by atoms with Gasteiger partial charge in [-0.15, -0.1) is 0 Å². The summed E-state index contributed by atoms with van der Waals surface area (Å²) in [5, 5.41) is 0. The molecule has 6 heteroatoms. The number of aromatic nitrogens is 2. The first-order valence-corrected chi connectivity index (χ1v) is 8.18. The summed E-state index contributed by atoms with van der Waals surface area (Å²) >= 11 is 5.14. The molecule has 3 aromatic rings. The summed E-state index contributed by atoms with van der Waals surface area (Å²) in [5.74, 6) is 2.29. The summed E-state index contributed by atoms with van der Waals surface area (Å²) in [6, 6.07) is 12.1. The second kappa shape index (κ2) is 5.79. The molecule has 2 aromatic carbocycles. The summed E-state index contributed by atoms with van der Waals surface area (Å²) in [6.45, 7) is 3.59. The first-order valence-electron chi connectivity index (χ1n) is 7.77. The molecule has 0 atom stereocenters. The first kappa shape index (κ1) is 15.0. The van der Waals surface area contributed by atoms with Gasteiger partial charge in [0.2, 0.25) is 0 Å². The smallest absolute Gasteiger partial charge is 0.163 e. The Hall–Kier alpha value is -2.60. The Balaban J connectivity index is 1.96. The summed E-state index contributed by atoms with van der Waals surface area (Å²) in [5.41, 5.74) is 9.79. The lowest BCUT2D eigenvalue weighted by atomic mass is 10.1. The zero-order valence-electron chi connectivity index (χ0n) is 13.3. The van der Waals surface area contributed by atoms with Crippen molar-refractivity contribution in [3.8, 4) is 22.9 Å². The highest BCUT2D eigenvalue weighted by Crippen LogP contribution is 2.36. The molecule has 2 N–H and O–H groups in total. The average Bonchev–Trinajstić information content (AvgIpc) is 2.90. The molecule has 0 amide bonds. The number of benzene rings is 2. The normalized spacial score (nSPS) is 13.2. The van der Waals surface area contributed by atoms with Crippen LogP contribution in [0.1, 0.15) is 5.56 Å². The number of hydrogen-bond donors (Lipinski definition) is 1. The zero-order valence-corrected chi connectivity index (χ0v) is 14.1. The van der Waals surface area contributed by atoms with E-state index in [-0.39, 0.29) is 0 Å². The predicted octanol–water partition coefficient (Wildman–Crippen LogP) is 3.07. The standard InChI is InChI=1S/C18H17N3O2S/c1-11-3-2-4-12(7-11)18-20-13-8-15-16(23-6-5-22-15)9-14(13)21(18)10-17(19)24/h2-4,7-9H,5-6,10H2,1H3,(H2,19,24). The molecule has 0 fully saturated rings. The van der Waals surface area contributed by atoms with E-state index in [1.807, 2.05) is 28.8 Å². The lowest BCUT2D eigenvalue weighted by Crippen LogP contribution is -2.18. The fourth-order valence-corrected chi connectivity index (χ4v) is 3.11. The number of nitrogens with zero attached hydrogens (tertiary/aromatic N) is 2. The number of hydrogen-bond acceptors (Lipinski definition) is 4. The second-order valence-corrected chi connectivity index (χ2v) is 6.37. The van der Waals surface area contributed by atoms with Crippen molar-refractivity contribution in [2.24, 2.45) is 5.73 Å². The quantitative estimate of drug-likeness (QED) is 0.743. The third-order valence-corrected chi connectivity index (χ3v) is 4.13. The Morgan fingerprint density at radius 3 is 2.67 bits per heavy atom. The highest BCUT2D eigenvalue weighted by molar-refractivity contribution is 7.80. The van der Waals surface area contributed by atoms with Gasteiger partial charge in [0.25, 0.3) is 0 Å². The molecule has 24 heavy (non-hydrogen) atoms. The number of fused-ring (bicyclic) bond motifs is 2. The number of aryl methyl sites for hydroxylation is 1. The molecule has 1 aromatic heterocycles. The first-order chi connectivity index (χ1) is 11.6. The minimum atomic E-state index is 0.415. The maximum absolute atomic E-state index is 5.82. The Morgan fingerprint density at radius 1 is 1.21 bits per heavy atom. The van der Waals surface area contributed by atoms with Gasteiger partial charge in [-0.3, -0.25) is 0 Å². The third kappa shape index (κ3) is 2.59. The van der Waals surface area contributed by atoms with Crippen LogP contribution in [0, 0.1) is 6.92 Å². The van der Waals surface area contributed by atoms with Crippen molar-refractivity contribution >= 4 is 28.2 Å². The Kier molecular flexibility index (Phi) is 3.61. The van der Waals surface area contributed by atoms with Gasteiger partial charge in [-0.25, -0.2) is 4.98 Å². The van der Waals surface area contributed by atoms with Crippen molar-refractivity contribution in [3.05, 3.63) is 42.0 Å². The van der Waals surface area contributed by atoms with Crippen molar-refractivity contribution < 1.29 is 9.47 Å². The van der Waals surface area contributed by atoms with Crippen LogP contribution in [0.5, 0.6) is 11.5 Å². The largest absolute Gasteiger partial charge is 0.486 e. The topological polar surface area (TPSA) is 62.3 Å². The van der Waals surface area contributed by atoms with Crippen molar-refractivity contribution in [2.75, 3.05) is 13.2 Å². The fourth-order valence-electron chi connectivity index (χ4n) is 2.98. The number of imidazole rings is 1. The minimum Gasteiger partial charge on any atom is -0.486 e. The van der Waals surface area contributed by atoms with Gasteiger partial charge in [-0.1, -0.05) is 36.0 Å². The van der Waals surface area contributed by atoms with Gasteiger partial charge in [0.15, 0.2) is 11.5 Å². The molecule has 0 spiro atoms. The highest BCUT2D eigenvalue weighted by atomic mass is 32.1. The molecule has 0 unspecified atom stereocenters. The molecule has 5 nitrogen and oxygen atoms in total. The van der Waals surface area contributed by atoms with Crippen molar-refractivity contribution in [1.82, 2.24) is 9.55 Å². The lowest BCUT2D eigenvalue weighted by molar-refractivity contribution is 0.172. The summed E-state index contributed by atoms with van der Waals surface area (Å²) < 4.78 is 13.4. The van der Waals surface area contributed by atoms with E-state index in [1.165, 1.54) is 5.56 Å². The SMILES string of the molecule is Cc1cccc(-c2nc3cc4c(cc3n2CC(N)=S)OCCO4)c1. The molecule has 0 bridgehead atoms. The number of nitrogens with two attached hydrogens (primary N) is 1. The van der Waals surface area contributed by atoms with Gasteiger partial charge in [-0.05, 0) is 13.0 Å². The van der Waals surface area contributed by atoms with Crippen LogP contribution in [0.25, 0.3) is 22.4 Å². The maximum atomic E-state index is 5.82. The van der Waals surface area contributed by atoms with Gasteiger partial charge in [0.1, 0.15) is 19.0 Å². The van der Waals surface area contributed by atoms with E-state index in [0.29, 0.717) is 24.7 Å². The van der Waals surface area contributed by atoms with Crippen LogP contribution in [-0.2, 0) is 6.54 Å². The molecule has 0 saturated heterocycles. The molecule has 0 saturated carbocycles. The molecule has 4 rings (SSSR count). The van der Waals surface area contributed by atoms with Gasteiger partial charge in [-0.2, -0.15) is 0 Å². The fraction of sp³-hybridized carbons (Fsp3) is 0.222. The van der Waals surface area contributed by atoms with E-state index in [9.17, 15) is 0 Å². The maximum Gasteiger partial charge on any atom is 0.163 e. The predicted molar refractivity (Wildman–Crippen MR) is 97.7 cm³/mol. The Morgan fingerprint density at radius 2 is 1.96 bits per heavy atom. The van der Waals surface area contributed by atoms with Crippen LogP contribution in [0.3, 0.4) is 0 Å². The van der Waals surface area contributed by atoms with Crippen molar-refractivity contribution in [2.45, 2.75) is 13.5 Å². The number of ether oxygens (including phenoxy) is 2. The molecular weight excluding hydrogens is 322 g/mol. The molecule has 122 valence electrons. The second-order valence-electron chi connectivity index (χ2n) is 5.84. The van der Waals surface area contributed by atoms with Crippen LogP contribution in [0.4, 0.5) is 0 Å².